The molecular weight excluding hydrogens is 614 g/mol. The number of hydrogen-bond donors (Lipinski definition) is 2. The first-order valence-corrected chi connectivity index (χ1v) is 15.0. The largest absolute Gasteiger partial charge is 0.476 e. The molecule has 3 N–H and O–H groups in total. The molecule has 1 aromatic heterocycles. The van der Waals surface area contributed by atoms with E-state index in [-0.39, 0.29) is 42.9 Å². The summed E-state index contributed by atoms with van der Waals surface area (Å²) in [5.41, 5.74) is 0.519. The molecule has 5 rings (SSSR count). The van der Waals surface area contributed by atoms with Crippen LogP contribution >= 0.6 is 0 Å². The van der Waals surface area contributed by atoms with E-state index in [0.717, 1.165) is 6.07 Å². The van der Waals surface area contributed by atoms with Crippen molar-refractivity contribution in [2.45, 2.75) is 61.1 Å². The van der Waals surface area contributed by atoms with E-state index in [1.54, 1.807) is 30.3 Å². The molecule has 2 fully saturated rings. The second-order valence-electron chi connectivity index (χ2n) is 11.0. The van der Waals surface area contributed by atoms with Crippen molar-refractivity contribution in [1.29, 1.82) is 0 Å². The molecule has 0 spiro atoms. The van der Waals surface area contributed by atoms with Crippen LogP contribution in [-0.2, 0) is 21.0 Å². The third-order valence-corrected chi connectivity index (χ3v) is 9.14. The number of amides is 1. The highest BCUT2D eigenvalue weighted by atomic mass is 32.2. The van der Waals surface area contributed by atoms with Crippen LogP contribution in [0.3, 0.4) is 0 Å². The Bertz CT molecular complexity index is 1670. The molecule has 1 saturated heterocycles. The number of pyridine rings is 1. The number of nitrogens with two attached hydrogens (primary N) is 1. The average Bonchev–Trinajstić information content (AvgIpc) is 3.73. The number of rotatable bonds is 7. The number of carbonyl (C=O) groups is 1. The number of carbonyl (C=O) groups excluding carboxylic acids is 1. The van der Waals surface area contributed by atoms with Gasteiger partial charge in [-0.05, 0) is 43.0 Å². The van der Waals surface area contributed by atoms with E-state index in [9.17, 15) is 39.6 Å². The number of ether oxygens (including phenoxy) is 1. The summed E-state index contributed by atoms with van der Waals surface area (Å²) < 4.78 is 117. The number of anilines is 1. The molecule has 0 bridgehead atoms. The lowest BCUT2D eigenvalue weighted by molar-refractivity contribution is -0.191. The second kappa shape index (κ2) is 10.9. The van der Waals surface area contributed by atoms with Gasteiger partial charge < -0.3 is 15.4 Å². The molecule has 44 heavy (non-hydrogen) atoms. The number of alkyl halides is 6. The summed E-state index contributed by atoms with van der Waals surface area (Å²) in [6.07, 6.45) is -10.4. The van der Waals surface area contributed by atoms with E-state index in [0.29, 0.717) is 5.56 Å². The Morgan fingerprint density at radius 1 is 0.932 bits per heavy atom. The van der Waals surface area contributed by atoms with E-state index in [1.165, 1.54) is 36.1 Å². The molecule has 0 atom stereocenters. The molecule has 236 valence electrons. The Balaban J connectivity index is 1.39. The van der Waals surface area contributed by atoms with Crippen molar-refractivity contribution < 1.29 is 44.3 Å². The lowest BCUT2D eigenvalue weighted by Gasteiger charge is -2.40. The summed E-state index contributed by atoms with van der Waals surface area (Å²) in [5, 5.41) is -0.601. The van der Waals surface area contributed by atoms with Crippen molar-refractivity contribution in [2.24, 2.45) is 5.73 Å². The number of halogens is 6. The fourth-order valence-electron chi connectivity index (χ4n) is 5.08. The van der Waals surface area contributed by atoms with Gasteiger partial charge in [-0.15, -0.1) is 0 Å². The number of piperidine rings is 1. The van der Waals surface area contributed by atoms with Crippen molar-refractivity contribution in [2.75, 3.05) is 18.0 Å². The zero-order chi connectivity index (χ0) is 32.1. The first-order chi connectivity index (χ1) is 20.5. The maximum Gasteiger partial charge on any atom is 0.420 e. The van der Waals surface area contributed by atoms with Gasteiger partial charge in [0.2, 0.25) is 0 Å². The van der Waals surface area contributed by atoms with Crippen LogP contribution in [-0.4, -0.2) is 49.7 Å². The minimum absolute atomic E-state index is 0.0465. The Kier molecular flexibility index (Phi) is 7.85. The Labute approximate surface area is 249 Å². The fraction of sp³-hybridized carbons (Fsp3) is 0.379. The first-order valence-electron chi connectivity index (χ1n) is 13.6. The van der Waals surface area contributed by atoms with Crippen LogP contribution in [0.2, 0.25) is 0 Å². The van der Waals surface area contributed by atoms with Crippen LogP contribution in [0, 0.1) is 6.92 Å². The molecule has 0 unspecified atom stereocenters. The summed E-state index contributed by atoms with van der Waals surface area (Å²) in [4.78, 5) is 18.8. The van der Waals surface area contributed by atoms with Crippen molar-refractivity contribution in [3.8, 4) is 16.9 Å². The van der Waals surface area contributed by atoms with Crippen molar-refractivity contribution in [3.63, 3.8) is 0 Å². The summed E-state index contributed by atoms with van der Waals surface area (Å²) >= 11 is 0. The standard InChI is InChI=1S/C29H28F6N4O4S/c1-18-10-11-20(19-6-3-2-4-7-19)24(23(18)28(30,31)32)43-26(12-13-26)25(40)38-44(41,42)22-9-5-8-21(37-22)39-16-14-27(36,15-17-39)29(33,34)35/h2-11H,12-17,36H2,1H3,(H,38,40). The molecule has 1 saturated carbocycles. The average molecular weight is 643 g/mol. The van der Waals surface area contributed by atoms with E-state index in [2.05, 4.69) is 4.98 Å². The fourth-order valence-corrected chi connectivity index (χ4v) is 6.09. The minimum atomic E-state index is -4.84. The van der Waals surface area contributed by atoms with Gasteiger partial charge in [0.05, 0.1) is 0 Å². The smallest absolute Gasteiger partial charge is 0.420 e. The topological polar surface area (TPSA) is 115 Å². The predicted octanol–water partition coefficient (Wildman–Crippen LogP) is 5.35. The Hall–Kier alpha value is -3.85. The highest BCUT2D eigenvalue weighted by Crippen LogP contribution is 2.49. The Morgan fingerprint density at radius 2 is 1.57 bits per heavy atom. The van der Waals surface area contributed by atoms with Crippen LogP contribution in [0.1, 0.15) is 36.8 Å². The van der Waals surface area contributed by atoms with Gasteiger partial charge in [-0.3, -0.25) is 4.79 Å². The quantitative estimate of drug-likeness (QED) is 0.334. The molecule has 1 aliphatic heterocycles. The summed E-state index contributed by atoms with van der Waals surface area (Å²) in [6, 6.07) is 14.7. The molecular formula is C29H28F6N4O4S. The number of aryl methyl sites for hydroxylation is 1. The van der Waals surface area contributed by atoms with Gasteiger partial charge in [0.25, 0.3) is 15.9 Å². The van der Waals surface area contributed by atoms with Crippen molar-refractivity contribution in [1.82, 2.24) is 9.71 Å². The van der Waals surface area contributed by atoms with E-state index in [4.69, 9.17) is 10.5 Å². The SMILES string of the molecule is Cc1ccc(-c2ccccc2)c(OC2(C(=O)NS(=O)(=O)c3cccc(N4CCC(N)(C(F)(F)F)CC4)n3)CC2)c1C(F)(F)F. The highest BCUT2D eigenvalue weighted by Gasteiger charge is 2.56. The van der Waals surface area contributed by atoms with E-state index < -0.39 is 68.6 Å². The van der Waals surface area contributed by atoms with Gasteiger partial charge in [0.1, 0.15) is 22.7 Å². The zero-order valence-electron chi connectivity index (χ0n) is 23.3. The number of aromatic nitrogens is 1. The molecule has 0 radical (unpaired) electrons. The van der Waals surface area contributed by atoms with Gasteiger partial charge >= 0.3 is 12.4 Å². The highest BCUT2D eigenvalue weighted by molar-refractivity contribution is 7.90. The number of nitrogens with one attached hydrogen (secondary N) is 1. The zero-order valence-corrected chi connectivity index (χ0v) is 24.1. The minimum Gasteiger partial charge on any atom is -0.476 e. The lowest BCUT2D eigenvalue weighted by atomic mass is 9.88. The summed E-state index contributed by atoms with van der Waals surface area (Å²) in [7, 11) is -4.66. The molecule has 2 aliphatic rings. The maximum absolute atomic E-state index is 14.2. The van der Waals surface area contributed by atoms with Gasteiger partial charge in [0, 0.05) is 31.5 Å². The molecule has 2 aromatic carbocycles. The van der Waals surface area contributed by atoms with Crippen LogP contribution in [0.15, 0.2) is 65.7 Å². The van der Waals surface area contributed by atoms with E-state index in [1.807, 2.05) is 4.72 Å². The summed E-state index contributed by atoms with van der Waals surface area (Å²) in [5.74, 6) is -1.70. The predicted molar refractivity (Wildman–Crippen MR) is 148 cm³/mol. The second-order valence-corrected chi connectivity index (χ2v) is 12.6. The molecule has 1 amide bonds. The van der Waals surface area contributed by atoms with Gasteiger partial charge in [-0.25, -0.2) is 9.71 Å². The molecule has 8 nitrogen and oxygen atoms in total. The van der Waals surface area contributed by atoms with Gasteiger partial charge in [0.15, 0.2) is 10.6 Å². The third kappa shape index (κ3) is 6.07. The van der Waals surface area contributed by atoms with Gasteiger partial charge in [-0.2, -0.15) is 34.8 Å². The number of sulfonamides is 1. The van der Waals surface area contributed by atoms with Crippen LogP contribution in [0.4, 0.5) is 32.2 Å². The van der Waals surface area contributed by atoms with Crippen LogP contribution < -0.4 is 20.1 Å². The van der Waals surface area contributed by atoms with Crippen LogP contribution in [0.25, 0.3) is 11.1 Å². The Morgan fingerprint density at radius 3 is 2.14 bits per heavy atom. The molecule has 1 aliphatic carbocycles. The van der Waals surface area contributed by atoms with Crippen molar-refractivity contribution in [3.05, 3.63) is 71.8 Å². The normalized spacial score (nSPS) is 18.0. The molecule has 3 aromatic rings. The van der Waals surface area contributed by atoms with Crippen molar-refractivity contribution >= 4 is 21.7 Å². The maximum atomic E-state index is 14.2. The first kappa shape index (κ1) is 31.6. The monoisotopic (exact) mass is 642 g/mol. The van der Waals surface area contributed by atoms with Gasteiger partial charge in [-0.1, -0.05) is 48.5 Å². The molecule has 15 heteroatoms. The molecule has 2 heterocycles. The number of hydrogen-bond acceptors (Lipinski definition) is 7. The number of benzene rings is 2. The number of nitrogens with zero attached hydrogens (tertiary/aromatic N) is 2. The van der Waals surface area contributed by atoms with Crippen LogP contribution in [0.5, 0.6) is 5.75 Å². The lowest BCUT2D eigenvalue weighted by Crippen LogP contribution is -2.59. The summed E-state index contributed by atoms with van der Waals surface area (Å²) in [6.45, 7) is 0.974. The van der Waals surface area contributed by atoms with E-state index >= 15 is 0 Å². The third-order valence-electron chi connectivity index (χ3n) is 7.91.